The summed E-state index contributed by atoms with van der Waals surface area (Å²) in [5.41, 5.74) is 5.95. The molecule has 4 atom stereocenters. The molecule has 18 heavy (non-hydrogen) atoms. The molecular weight excluding hydrogens is 248 g/mol. The van der Waals surface area contributed by atoms with E-state index in [2.05, 4.69) is 12.2 Å². The van der Waals surface area contributed by atoms with Gasteiger partial charge in [0.1, 0.15) is 0 Å². The molecule has 0 bridgehead atoms. The number of carbonyl (C=O) groups excluding carboxylic acids is 1. The highest BCUT2D eigenvalue weighted by Gasteiger charge is 2.30. The van der Waals surface area contributed by atoms with Crippen LogP contribution in [0.2, 0.25) is 0 Å². The fourth-order valence-corrected chi connectivity index (χ4v) is 3.44. The highest BCUT2D eigenvalue weighted by atomic mass is 35.5. The van der Waals surface area contributed by atoms with Crippen molar-refractivity contribution in [1.29, 1.82) is 0 Å². The molecular formula is C14H27ClN2O. The molecule has 0 aliphatic heterocycles. The lowest BCUT2D eigenvalue weighted by Crippen LogP contribution is -2.40. The largest absolute Gasteiger partial charge is 0.356 e. The lowest BCUT2D eigenvalue weighted by molar-refractivity contribution is -0.125. The minimum atomic E-state index is 0. The topological polar surface area (TPSA) is 55.1 Å². The summed E-state index contributed by atoms with van der Waals surface area (Å²) in [6.45, 7) is 3.19. The van der Waals surface area contributed by atoms with Crippen molar-refractivity contribution in [1.82, 2.24) is 5.32 Å². The molecule has 2 aliphatic rings. The van der Waals surface area contributed by atoms with Crippen molar-refractivity contribution in [2.45, 2.75) is 57.9 Å². The molecule has 1 amide bonds. The Morgan fingerprint density at radius 1 is 1.22 bits per heavy atom. The van der Waals surface area contributed by atoms with Crippen molar-refractivity contribution in [3.8, 4) is 0 Å². The first-order valence-corrected chi connectivity index (χ1v) is 7.20. The zero-order chi connectivity index (χ0) is 12.3. The maximum atomic E-state index is 12.0. The van der Waals surface area contributed by atoms with Crippen LogP contribution in [0, 0.1) is 17.8 Å². The molecule has 0 aromatic heterocycles. The van der Waals surface area contributed by atoms with Crippen LogP contribution in [0.4, 0.5) is 0 Å². The highest BCUT2D eigenvalue weighted by Crippen LogP contribution is 2.28. The van der Waals surface area contributed by atoms with Gasteiger partial charge < -0.3 is 11.1 Å². The summed E-state index contributed by atoms with van der Waals surface area (Å²) in [5.74, 6) is 1.81. The van der Waals surface area contributed by atoms with E-state index in [1.807, 2.05) is 0 Å². The van der Waals surface area contributed by atoms with Crippen LogP contribution < -0.4 is 11.1 Å². The van der Waals surface area contributed by atoms with E-state index in [9.17, 15) is 4.79 Å². The predicted molar refractivity (Wildman–Crippen MR) is 76.7 cm³/mol. The molecule has 2 rings (SSSR count). The summed E-state index contributed by atoms with van der Waals surface area (Å²) in [5, 5.41) is 3.13. The SMILES string of the molecule is CC1CCCC(CNC(=O)C2CCCC2N)C1.Cl. The van der Waals surface area contributed by atoms with Gasteiger partial charge >= 0.3 is 0 Å². The van der Waals surface area contributed by atoms with Crippen LogP contribution in [0.3, 0.4) is 0 Å². The average Bonchev–Trinajstić information content (AvgIpc) is 2.72. The fraction of sp³-hybridized carbons (Fsp3) is 0.929. The first-order chi connectivity index (χ1) is 8.16. The third kappa shape index (κ3) is 4.13. The van der Waals surface area contributed by atoms with Crippen LogP contribution >= 0.6 is 12.4 Å². The molecule has 0 saturated heterocycles. The maximum absolute atomic E-state index is 12.0. The molecule has 2 aliphatic carbocycles. The molecule has 2 fully saturated rings. The smallest absolute Gasteiger partial charge is 0.224 e. The second kappa shape index (κ2) is 7.34. The Labute approximate surface area is 117 Å². The van der Waals surface area contributed by atoms with Crippen LogP contribution in [-0.2, 0) is 4.79 Å². The molecule has 0 aromatic carbocycles. The van der Waals surface area contributed by atoms with Crippen molar-refractivity contribution in [3.63, 3.8) is 0 Å². The molecule has 2 saturated carbocycles. The van der Waals surface area contributed by atoms with Gasteiger partial charge in [-0.15, -0.1) is 12.4 Å². The predicted octanol–water partition coefficient (Wildman–Crippen LogP) is 2.48. The molecule has 4 unspecified atom stereocenters. The Hall–Kier alpha value is -0.280. The monoisotopic (exact) mass is 274 g/mol. The standard InChI is InChI=1S/C14H26N2O.ClH/c1-10-4-2-5-11(8-10)9-16-14(17)12-6-3-7-13(12)15;/h10-13H,2-9,15H2,1H3,(H,16,17);1H. The van der Waals surface area contributed by atoms with E-state index in [1.54, 1.807) is 0 Å². The minimum absolute atomic E-state index is 0. The zero-order valence-corrected chi connectivity index (χ0v) is 12.2. The second-order valence-electron chi connectivity index (χ2n) is 6.08. The molecule has 3 N–H and O–H groups in total. The Morgan fingerprint density at radius 2 is 1.94 bits per heavy atom. The number of halogens is 1. The number of rotatable bonds is 3. The van der Waals surface area contributed by atoms with Gasteiger partial charge in [-0.05, 0) is 37.5 Å². The van der Waals surface area contributed by atoms with Crippen molar-refractivity contribution in [2.75, 3.05) is 6.54 Å². The number of amides is 1. The van der Waals surface area contributed by atoms with E-state index < -0.39 is 0 Å². The first kappa shape index (κ1) is 15.8. The van der Waals surface area contributed by atoms with Gasteiger partial charge in [0.15, 0.2) is 0 Å². The average molecular weight is 275 g/mol. The molecule has 3 nitrogen and oxygen atoms in total. The Morgan fingerprint density at radius 3 is 2.56 bits per heavy atom. The van der Waals surface area contributed by atoms with Gasteiger partial charge in [0.05, 0.1) is 5.92 Å². The van der Waals surface area contributed by atoms with Crippen LogP contribution in [0.15, 0.2) is 0 Å². The van der Waals surface area contributed by atoms with Gasteiger partial charge in [-0.3, -0.25) is 4.79 Å². The summed E-state index contributed by atoms with van der Waals surface area (Å²) in [6, 6.07) is 0.0975. The molecule has 106 valence electrons. The molecule has 0 radical (unpaired) electrons. The van der Waals surface area contributed by atoms with Crippen LogP contribution in [0.5, 0.6) is 0 Å². The number of hydrogen-bond donors (Lipinski definition) is 2. The lowest BCUT2D eigenvalue weighted by Gasteiger charge is -2.27. The third-order valence-electron chi connectivity index (χ3n) is 4.52. The van der Waals surface area contributed by atoms with Crippen LogP contribution in [0.25, 0.3) is 0 Å². The third-order valence-corrected chi connectivity index (χ3v) is 4.52. The minimum Gasteiger partial charge on any atom is -0.356 e. The van der Waals surface area contributed by atoms with Gasteiger partial charge in [0.25, 0.3) is 0 Å². The van der Waals surface area contributed by atoms with Crippen LogP contribution in [0.1, 0.15) is 51.9 Å². The van der Waals surface area contributed by atoms with Gasteiger partial charge in [-0.25, -0.2) is 0 Å². The normalized spacial score (nSPS) is 35.9. The van der Waals surface area contributed by atoms with E-state index in [0.717, 1.165) is 31.7 Å². The van der Waals surface area contributed by atoms with Crippen molar-refractivity contribution in [3.05, 3.63) is 0 Å². The van der Waals surface area contributed by atoms with Crippen molar-refractivity contribution in [2.24, 2.45) is 23.5 Å². The Kier molecular flexibility index (Phi) is 6.44. The van der Waals surface area contributed by atoms with Crippen molar-refractivity contribution >= 4 is 18.3 Å². The lowest BCUT2D eigenvalue weighted by atomic mass is 9.82. The Balaban J connectivity index is 0.00000162. The van der Waals surface area contributed by atoms with E-state index in [4.69, 9.17) is 5.73 Å². The number of nitrogens with two attached hydrogens (primary N) is 1. The van der Waals surface area contributed by atoms with E-state index in [0.29, 0.717) is 5.92 Å². The summed E-state index contributed by atoms with van der Waals surface area (Å²) >= 11 is 0. The molecule has 0 aromatic rings. The summed E-state index contributed by atoms with van der Waals surface area (Å²) in [7, 11) is 0. The van der Waals surface area contributed by atoms with E-state index in [1.165, 1.54) is 25.7 Å². The van der Waals surface area contributed by atoms with Gasteiger partial charge in [0.2, 0.25) is 5.91 Å². The zero-order valence-electron chi connectivity index (χ0n) is 11.4. The second-order valence-corrected chi connectivity index (χ2v) is 6.08. The molecule has 4 heteroatoms. The number of hydrogen-bond acceptors (Lipinski definition) is 2. The van der Waals surface area contributed by atoms with Crippen molar-refractivity contribution < 1.29 is 4.79 Å². The van der Waals surface area contributed by atoms with E-state index >= 15 is 0 Å². The summed E-state index contributed by atoms with van der Waals surface area (Å²) in [6.07, 6.45) is 8.34. The summed E-state index contributed by atoms with van der Waals surface area (Å²) < 4.78 is 0. The number of carbonyl (C=O) groups is 1. The molecule has 0 spiro atoms. The van der Waals surface area contributed by atoms with Gasteiger partial charge in [-0.1, -0.05) is 26.2 Å². The van der Waals surface area contributed by atoms with Crippen LogP contribution in [-0.4, -0.2) is 18.5 Å². The van der Waals surface area contributed by atoms with E-state index in [-0.39, 0.29) is 30.3 Å². The molecule has 0 heterocycles. The maximum Gasteiger partial charge on any atom is 0.224 e. The summed E-state index contributed by atoms with van der Waals surface area (Å²) in [4.78, 5) is 12.0. The quantitative estimate of drug-likeness (QED) is 0.831. The van der Waals surface area contributed by atoms with Gasteiger partial charge in [0, 0.05) is 12.6 Å². The fourth-order valence-electron chi connectivity index (χ4n) is 3.44. The highest BCUT2D eigenvalue weighted by molar-refractivity contribution is 5.85. The van der Waals surface area contributed by atoms with Gasteiger partial charge in [-0.2, -0.15) is 0 Å². The first-order valence-electron chi connectivity index (χ1n) is 7.20. The Bertz CT molecular complexity index is 273. The number of nitrogens with one attached hydrogen (secondary N) is 1.